The highest BCUT2D eigenvalue weighted by Crippen LogP contribution is 1.91. The molecule has 5 heteroatoms. The highest BCUT2D eigenvalue weighted by atomic mass is 16.6. The van der Waals surface area contributed by atoms with Crippen LogP contribution >= 0.6 is 0 Å². The third-order valence-corrected chi connectivity index (χ3v) is 0.919. The molecule has 0 radical (unpaired) electrons. The SMILES string of the molecule is CC(=O)C(=O)OC(C)C(=O)O. The molecule has 0 aliphatic heterocycles. The van der Waals surface area contributed by atoms with Crippen LogP contribution in [0.4, 0.5) is 0 Å². The smallest absolute Gasteiger partial charge is 0.375 e. The average molecular weight is 160 g/mol. The minimum atomic E-state index is -1.28. The fourth-order valence-electron chi connectivity index (χ4n) is 0.294. The molecule has 1 atom stereocenters. The Kier molecular flexibility index (Phi) is 3.23. The van der Waals surface area contributed by atoms with Gasteiger partial charge in [0.15, 0.2) is 6.10 Å². The molecular formula is C6H8O5. The molecule has 0 fully saturated rings. The van der Waals surface area contributed by atoms with Crippen molar-refractivity contribution in [3.05, 3.63) is 0 Å². The Morgan fingerprint density at radius 3 is 2.09 bits per heavy atom. The van der Waals surface area contributed by atoms with Crippen LogP contribution in [0.1, 0.15) is 13.8 Å². The van der Waals surface area contributed by atoms with Crippen LogP contribution in [0.3, 0.4) is 0 Å². The van der Waals surface area contributed by atoms with Gasteiger partial charge in [-0.15, -0.1) is 0 Å². The van der Waals surface area contributed by atoms with Gasteiger partial charge >= 0.3 is 11.9 Å². The summed E-state index contributed by atoms with van der Waals surface area (Å²) in [4.78, 5) is 30.7. The first-order chi connectivity index (χ1) is 4.95. The molecule has 0 aliphatic rings. The molecule has 11 heavy (non-hydrogen) atoms. The van der Waals surface area contributed by atoms with Gasteiger partial charge in [-0.1, -0.05) is 0 Å². The summed E-state index contributed by atoms with van der Waals surface area (Å²) in [7, 11) is 0. The van der Waals surface area contributed by atoms with Crippen LogP contribution in [-0.2, 0) is 19.1 Å². The summed E-state index contributed by atoms with van der Waals surface area (Å²) in [6.45, 7) is 2.18. The first-order valence-corrected chi connectivity index (χ1v) is 2.89. The lowest BCUT2D eigenvalue weighted by Gasteiger charge is -2.05. The molecule has 1 unspecified atom stereocenters. The lowest BCUT2D eigenvalue weighted by molar-refractivity contribution is -0.165. The molecule has 1 N–H and O–H groups in total. The van der Waals surface area contributed by atoms with E-state index in [1.807, 2.05) is 0 Å². The normalized spacial score (nSPS) is 11.8. The van der Waals surface area contributed by atoms with E-state index in [2.05, 4.69) is 4.74 Å². The molecule has 0 rings (SSSR count). The molecule has 0 amide bonds. The summed E-state index contributed by atoms with van der Waals surface area (Å²) in [5.41, 5.74) is 0. The third-order valence-electron chi connectivity index (χ3n) is 0.919. The van der Waals surface area contributed by atoms with Gasteiger partial charge in [0.25, 0.3) is 0 Å². The molecule has 5 nitrogen and oxygen atoms in total. The number of rotatable bonds is 3. The van der Waals surface area contributed by atoms with E-state index in [4.69, 9.17) is 5.11 Å². The average Bonchev–Trinajstić information content (AvgIpc) is 1.87. The molecule has 62 valence electrons. The van der Waals surface area contributed by atoms with Crippen molar-refractivity contribution in [1.82, 2.24) is 0 Å². The highest BCUT2D eigenvalue weighted by molar-refractivity contribution is 6.32. The summed E-state index contributed by atoms with van der Waals surface area (Å²) >= 11 is 0. The molecule has 0 aliphatic carbocycles. The highest BCUT2D eigenvalue weighted by Gasteiger charge is 2.18. The van der Waals surface area contributed by atoms with Crippen LogP contribution in [0.25, 0.3) is 0 Å². The molecule has 0 saturated heterocycles. The number of hydrogen-bond donors (Lipinski definition) is 1. The molecule has 0 spiro atoms. The Morgan fingerprint density at radius 1 is 1.36 bits per heavy atom. The second-order valence-electron chi connectivity index (χ2n) is 1.94. The second-order valence-corrected chi connectivity index (χ2v) is 1.94. The van der Waals surface area contributed by atoms with E-state index >= 15 is 0 Å². The number of carbonyl (C=O) groups is 3. The van der Waals surface area contributed by atoms with Gasteiger partial charge in [0, 0.05) is 6.92 Å². The van der Waals surface area contributed by atoms with Crippen molar-refractivity contribution in [2.75, 3.05) is 0 Å². The van der Waals surface area contributed by atoms with E-state index in [0.29, 0.717) is 0 Å². The van der Waals surface area contributed by atoms with E-state index < -0.39 is 23.8 Å². The Hall–Kier alpha value is -1.39. The van der Waals surface area contributed by atoms with E-state index in [9.17, 15) is 14.4 Å². The maximum atomic E-state index is 10.4. The molecule has 0 aromatic carbocycles. The molecule has 0 aromatic rings. The van der Waals surface area contributed by atoms with Gasteiger partial charge in [-0.25, -0.2) is 9.59 Å². The van der Waals surface area contributed by atoms with Crippen molar-refractivity contribution in [2.24, 2.45) is 0 Å². The van der Waals surface area contributed by atoms with E-state index in [-0.39, 0.29) is 0 Å². The fourth-order valence-corrected chi connectivity index (χ4v) is 0.294. The van der Waals surface area contributed by atoms with Crippen LogP contribution in [0.15, 0.2) is 0 Å². The van der Waals surface area contributed by atoms with E-state index in [1.54, 1.807) is 0 Å². The number of carboxylic acids is 1. The largest absolute Gasteiger partial charge is 0.479 e. The summed E-state index contributed by atoms with van der Waals surface area (Å²) < 4.78 is 4.19. The Balaban J connectivity index is 3.95. The zero-order valence-electron chi connectivity index (χ0n) is 6.16. The van der Waals surface area contributed by atoms with E-state index in [0.717, 1.165) is 6.92 Å². The first-order valence-electron chi connectivity index (χ1n) is 2.89. The van der Waals surface area contributed by atoms with Gasteiger partial charge in [-0.05, 0) is 6.92 Å². The number of Topliss-reactive ketones (excluding diaryl/α,β-unsaturated/α-hetero) is 1. The van der Waals surface area contributed by atoms with Crippen molar-refractivity contribution in [3.63, 3.8) is 0 Å². The maximum absolute atomic E-state index is 10.4. The summed E-state index contributed by atoms with van der Waals surface area (Å²) in [6.07, 6.45) is -1.27. The maximum Gasteiger partial charge on any atom is 0.375 e. The first kappa shape index (κ1) is 9.61. The quantitative estimate of drug-likeness (QED) is 0.448. The number of carbonyl (C=O) groups excluding carboxylic acids is 2. The molecule has 0 heterocycles. The minimum absolute atomic E-state index is 0.807. The number of ketones is 1. The standard InChI is InChI=1S/C6H8O5/c1-3(7)6(10)11-4(2)5(8)9/h4H,1-2H3,(H,8,9). The summed E-state index contributed by atoms with van der Waals surface area (Å²) in [5.74, 6) is -3.21. The minimum Gasteiger partial charge on any atom is -0.479 e. The van der Waals surface area contributed by atoms with Crippen molar-refractivity contribution in [3.8, 4) is 0 Å². The van der Waals surface area contributed by atoms with Gasteiger partial charge in [0.05, 0.1) is 0 Å². The lowest BCUT2D eigenvalue weighted by Crippen LogP contribution is -2.26. The summed E-state index contributed by atoms with van der Waals surface area (Å²) in [6, 6.07) is 0. The third kappa shape index (κ3) is 3.34. The van der Waals surface area contributed by atoms with Gasteiger partial charge in [0.1, 0.15) is 0 Å². The number of esters is 1. The van der Waals surface area contributed by atoms with Crippen LogP contribution in [-0.4, -0.2) is 28.9 Å². The molecule has 0 bridgehead atoms. The van der Waals surface area contributed by atoms with Crippen molar-refractivity contribution in [2.45, 2.75) is 20.0 Å². The zero-order chi connectivity index (χ0) is 9.02. The predicted octanol–water partition coefficient (Wildman–Crippen LogP) is -0.408. The van der Waals surface area contributed by atoms with Crippen molar-refractivity contribution < 1.29 is 24.2 Å². The van der Waals surface area contributed by atoms with Crippen LogP contribution in [0, 0.1) is 0 Å². The lowest BCUT2D eigenvalue weighted by atomic mass is 10.4. The number of ether oxygens (including phenoxy) is 1. The van der Waals surface area contributed by atoms with Crippen molar-refractivity contribution in [1.29, 1.82) is 0 Å². The monoisotopic (exact) mass is 160 g/mol. The van der Waals surface area contributed by atoms with Crippen LogP contribution in [0.2, 0.25) is 0 Å². The van der Waals surface area contributed by atoms with Gasteiger partial charge in [-0.2, -0.15) is 0 Å². The number of aliphatic carboxylic acids is 1. The summed E-state index contributed by atoms with van der Waals surface area (Å²) in [5, 5.41) is 8.22. The Labute approximate surface area is 63.0 Å². The number of hydrogen-bond acceptors (Lipinski definition) is 4. The molecule has 0 aromatic heterocycles. The molecular weight excluding hydrogens is 152 g/mol. The van der Waals surface area contributed by atoms with Crippen LogP contribution in [0.5, 0.6) is 0 Å². The van der Waals surface area contributed by atoms with Crippen molar-refractivity contribution >= 4 is 17.7 Å². The van der Waals surface area contributed by atoms with Gasteiger partial charge in [0.2, 0.25) is 5.78 Å². The zero-order valence-corrected chi connectivity index (χ0v) is 6.16. The fraction of sp³-hybridized carbons (Fsp3) is 0.500. The van der Waals surface area contributed by atoms with Gasteiger partial charge in [-0.3, -0.25) is 4.79 Å². The van der Waals surface area contributed by atoms with E-state index in [1.165, 1.54) is 6.92 Å². The second kappa shape index (κ2) is 3.70. The Bertz CT molecular complexity index is 195. The predicted molar refractivity (Wildman–Crippen MR) is 33.9 cm³/mol. The Morgan fingerprint density at radius 2 is 1.82 bits per heavy atom. The van der Waals surface area contributed by atoms with Crippen LogP contribution < -0.4 is 0 Å². The topological polar surface area (TPSA) is 80.7 Å². The number of carboxylic acid groups (broad SMARTS) is 1. The van der Waals surface area contributed by atoms with Gasteiger partial charge < -0.3 is 9.84 Å². The molecule has 0 saturated carbocycles.